The molecule has 2 aromatic carbocycles. The Bertz CT molecular complexity index is 1290. The van der Waals surface area contributed by atoms with Crippen LogP contribution in [0.15, 0.2) is 36.4 Å². The number of nitrogen functional groups attached to an aromatic ring is 1. The van der Waals surface area contributed by atoms with Gasteiger partial charge in [0, 0.05) is 23.4 Å². The summed E-state index contributed by atoms with van der Waals surface area (Å²) < 4.78 is 49.9. The van der Waals surface area contributed by atoms with Crippen LogP contribution in [0.2, 0.25) is 5.28 Å². The van der Waals surface area contributed by atoms with Gasteiger partial charge in [-0.3, -0.25) is 4.79 Å². The Morgan fingerprint density at radius 2 is 1.86 bits per heavy atom. The Balaban J connectivity index is 1.55. The lowest BCUT2D eigenvalue weighted by Gasteiger charge is -2.17. The van der Waals surface area contributed by atoms with Crippen LogP contribution in [-0.2, 0) is 25.8 Å². The fourth-order valence-electron chi connectivity index (χ4n) is 3.84. The van der Waals surface area contributed by atoms with E-state index in [9.17, 15) is 18.0 Å². The van der Waals surface area contributed by atoms with Gasteiger partial charge in [-0.1, -0.05) is 0 Å². The van der Waals surface area contributed by atoms with E-state index < -0.39 is 11.7 Å². The molecule has 0 aliphatic carbocycles. The van der Waals surface area contributed by atoms with Gasteiger partial charge in [0.15, 0.2) is 11.5 Å². The summed E-state index contributed by atoms with van der Waals surface area (Å²) in [4.78, 5) is 23.1. The number of benzene rings is 2. The number of ether oxygens (including phenoxy) is 2. The molecule has 2 heterocycles. The third-order valence-corrected chi connectivity index (χ3v) is 5.64. The molecule has 1 aliphatic heterocycles. The van der Waals surface area contributed by atoms with Gasteiger partial charge >= 0.3 is 6.18 Å². The summed E-state index contributed by atoms with van der Waals surface area (Å²) in [5.41, 5.74) is 6.69. The van der Waals surface area contributed by atoms with Crippen molar-refractivity contribution in [1.82, 2.24) is 14.9 Å². The fourth-order valence-corrected chi connectivity index (χ4v) is 4.02. The highest BCUT2D eigenvalue weighted by Crippen LogP contribution is 2.34. The number of alkyl halides is 3. The number of carbonyl (C=O) groups excluding carboxylic acids is 1. The average molecular weight is 508 g/mol. The molecule has 0 atom stereocenters. The van der Waals surface area contributed by atoms with E-state index in [4.69, 9.17) is 26.8 Å². The van der Waals surface area contributed by atoms with Gasteiger partial charge in [0.1, 0.15) is 5.82 Å². The molecule has 3 N–H and O–H groups in total. The third kappa shape index (κ3) is 5.19. The topological polar surface area (TPSA) is 103 Å². The maximum absolute atomic E-state index is 13.1. The molecule has 1 aliphatic rings. The van der Waals surface area contributed by atoms with Gasteiger partial charge in [-0.25, -0.2) is 9.97 Å². The first kappa shape index (κ1) is 24.4. The molecule has 184 valence electrons. The first-order chi connectivity index (χ1) is 16.6. The van der Waals surface area contributed by atoms with E-state index in [0.29, 0.717) is 39.7 Å². The third-order valence-electron chi connectivity index (χ3n) is 5.48. The second-order valence-corrected chi connectivity index (χ2v) is 8.15. The zero-order valence-corrected chi connectivity index (χ0v) is 19.5. The zero-order valence-electron chi connectivity index (χ0n) is 18.7. The van der Waals surface area contributed by atoms with Crippen LogP contribution in [0.4, 0.5) is 24.7 Å². The van der Waals surface area contributed by atoms with Gasteiger partial charge in [-0.05, 0) is 53.6 Å². The Hall–Kier alpha value is -3.73. The lowest BCUT2D eigenvalue weighted by molar-refractivity contribution is -0.137. The number of carbonyl (C=O) groups is 1. The number of aromatic nitrogens is 2. The zero-order chi connectivity index (χ0) is 25.3. The highest BCUT2D eigenvalue weighted by atomic mass is 35.5. The highest BCUT2D eigenvalue weighted by molar-refractivity contribution is 6.28. The smallest absolute Gasteiger partial charge is 0.416 e. The lowest BCUT2D eigenvalue weighted by Crippen LogP contribution is -2.25. The monoisotopic (exact) mass is 507 g/mol. The Morgan fingerprint density at radius 3 is 2.54 bits per heavy atom. The molecule has 4 rings (SSSR count). The van der Waals surface area contributed by atoms with Gasteiger partial charge in [0.05, 0.1) is 38.6 Å². The molecule has 12 heteroatoms. The van der Waals surface area contributed by atoms with Gasteiger partial charge in [-0.2, -0.15) is 13.2 Å². The molecule has 1 amide bonds. The number of halogens is 4. The van der Waals surface area contributed by atoms with Gasteiger partial charge < -0.3 is 25.4 Å². The molecule has 1 aromatic heterocycles. The van der Waals surface area contributed by atoms with Crippen LogP contribution in [0, 0.1) is 0 Å². The minimum absolute atomic E-state index is 0.00531. The predicted molar refractivity (Wildman–Crippen MR) is 123 cm³/mol. The summed E-state index contributed by atoms with van der Waals surface area (Å²) in [7, 11) is 2.98. The first-order valence-electron chi connectivity index (χ1n) is 10.4. The van der Waals surface area contributed by atoms with Crippen molar-refractivity contribution >= 4 is 29.0 Å². The number of nitrogens with two attached hydrogens (primary N) is 1. The Morgan fingerprint density at radius 1 is 1.11 bits per heavy atom. The summed E-state index contributed by atoms with van der Waals surface area (Å²) in [5.74, 6) is 0.976. The number of anilines is 2. The van der Waals surface area contributed by atoms with Crippen molar-refractivity contribution < 1.29 is 27.4 Å². The molecule has 0 radical (unpaired) electrons. The van der Waals surface area contributed by atoms with E-state index in [-0.39, 0.29) is 36.5 Å². The van der Waals surface area contributed by atoms with Crippen LogP contribution in [0.3, 0.4) is 0 Å². The van der Waals surface area contributed by atoms with Crippen LogP contribution >= 0.6 is 11.6 Å². The van der Waals surface area contributed by atoms with Gasteiger partial charge in [-0.15, -0.1) is 0 Å². The van der Waals surface area contributed by atoms with E-state index in [1.807, 2.05) is 0 Å². The minimum Gasteiger partial charge on any atom is -0.493 e. The molecule has 0 bridgehead atoms. The first-order valence-corrected chi connectivity index (χ1v) is 10.7. The summed E-state index contributed by atoms with van der Waals surface area (Å²) in [6.07, 6.45) is -4.52. The minimum atomic E-state index is -4.52. The van der Waals surface area contributed by atoms with Crippen molar-refractivity contribution in [2.75, 3.05) is 25.3 Å². The molecule has 35 heavy (non-hydrogen) atoms. The van der Waals surface area contributed by atoms with E-state index in [1.165, 1.54) is 20.3 Å². The van der Waals surface area contributed by atoms with Crippen molar-refractivity contribution in [1.29, 1.82) is 0 Å². The molecule has 0 unspecified atom stereocenters. The van der Waals surface area contributed by atoms with Gasteiger partial charge in [0.2, 0.25) is 5.28 Å². The van der Waals surface area contributed by atoms with Crippen LogP contribution in [0.1, 0.15) is 32.7 Å². The van der Waals surface area contributed by atoms with Crippen LogP contribution in [0.25, 0.3) is 0 Å². The molecule has 0 saturated heterocycles. The van der Waals surface area contributed by atoms with Crippen molar-refractivity contribution in [3.8, 4) is 11.5 Å². The number of nitrogens with one attached hydrogen (secondary N) is 1. The Labute approximate surface area is 203 Å². The predicted octanol–water partition coefficient (Wildman–Crippen LogP) is 4.52. The average Bonchev–Trinajstić information content (AvgIpc) is 3.24. The number of amides is 1. The highest BCUT2D eigenvalue weighted by Gasteiger charge is 2.32. The van der Waals surface area contributed by atoms with Crippen LogP contribution in [0.5, 0.6) is 11.5 Å². The van der Waals surface area contributed by atoms with Crippen molar-refractivity contribution in [3.63, 3.8) is 0 Å². The molecule has 3 aromatic rings. The summed E-state index contributed by atoms with van der Waals surface area (Å²) >= 11 is 6.07. The van der Waals surface area contributed by atoms with E-state index in [0.717, 1.165) is 12.1 Å². The number of rotatable bonds is 6. The lowest BCUT2D eigenvalue weighted by atomic mass is 10.1. The number of fused-ring (bicyclic) bond motifs is 1. The number of hydrogen-bond acceptors (Lipinski definition) is 7. The molecular weight excluding hydrogens is 487 g/mol. The van der Waals surface area contributed by atoms with Crippen molar-refractivity contribution in [2.24, 2.45) is 0 Å². The SMILES string of the molecule is COc1ccc(C(=O)N2Cc3nc(Cl)nc(NCc4cc(N)cc(C(F)(F)F)c4)c3C2)cc1OC. The molecule has 0 saturated carbocycles. The second-order valence-electron chi connectivity index (χ2n) is 7.81. The molecule has 8 nitrogen and oxygen atoms in total. The van der Waals surface area contributed by atoms with Gasteiger partial charge in [0.25, 0.3) is 5.91 Å². The standard InChI is InChI=1S/C23H21ClF3N5O3/c1-34-18-4-3-13(7-19(18)35-2)21(33)32-10-16-17(11-32)30-22(24)31-20(16)29-9-12-5-14(23(25,26)27)8-15(28)6-12/h3-8H,9-11,28H2,1-2H3,(H,29,30,31). The summed E-state index contributed by atoms with van der Waals surface area (Å²) in [6, 6.07) is 8.18. The van der Waals surface area contributed by atoms with E-state index in [1.54, 1.807) is 23.1 Å². The quantitative estimate of drug-likeness (QED) is 0.373. The molecule has 0 spiro atoms. The van der Waals surface area contributed by atoms with E-state index >= 15 is 0 Å². The number of hydrogen-bond donors (Lipinski definition) is 2. The normalized spacial score (nSPS) is 12.9. The molecule has 0 fully saturated rings. The summed E-state index contributed by atoms with van der Waals surface area (Å²) in [5, 5.41) is 2.96. The maximum Gasteiger partial charge on any atom is 0.416 e. The number of nitrogens with zero attached hydrogens (tertiary/aromatic N) is 3. The fraction of sp³-hybridized carbons (Fsp3) is 0.261. The largest absolute Gasteiger partial charge is 0.493 e. The van der Waals surface area contributed by atoms with Crippen molar-refractivity contribution in [2.45, 2.75) is 25.8 Å². The summed E-state index contributed by atoms with van der Waals surface area (Å²) in [6.45, 7) is 0.389. The second kappa shape index (κ2) is 9.49. The molecular formula is C23H21ClF3N5O3. The number of methoxy groups -OCH3 is 2. The Kier molecular flexibility index (Phi) is 6.62. The van der Waals surface area contributed by atoms with Crippen LogP contribution < -0.4 is 20.5 Å². The maximum atomic E-state index is 13.1. The van der Waals surface area contributed by atoms with E-state index in [2.05, 4.69) is 15.3 Å². The van der Waals surface area contributed by atoms with Crippen molar-refractivity contribution in [3.05, 3.63) is 69.6 Å². The van der Waals surface area contributed by atoms with Crippen LogP contribution in [-0.4, -0.2) is 35.0 Å².